The van der Waals surface area contributed by atoms with Gasteiger partial charge >= 0.3 is 6.18 Å². The summed E-state index contributed by atoms with van der Waals surface area (Å²) >= 11 is 0. The van der Waals surface area contributed by atoms with Crippen molar-refractivity contribution < 1.29 is 13.2 Å². The largest absolute Gasteiger partial charge is 0.416 e. The van der Waals surface area contributed by atoms with Gasteiger partial charge in [-0.1, -0.05) is 39.8 Å². The quantitative estimate of drug-likeness (QED) is 0.663. The van der Waals surface area contributed by atoms with Gasteiger partial charge in [-0.25, -0.2) is 0 Å². The predicted molar refractivity (Wildman–Crippen MR) is 59.5 cm³/mol. The summed E-state index contributed by atoms with van der Waals surface area (Å²) in [4.78, 5) is 0. The van der Waals surface area contributed by atoms with E-state index in [0.29, 0.717) is 12.0 Å². The highest BCUT2D eigenvalue weighted by atomic mass is 19.4. The fourth-order valence-corrected chi connectivity index (χ4v) is 2.02. The zero-order chi connectivity index (χ0) is 12.6. The molecule has 0 heterocycles. The van der Waals surface area contributed by atoms with E-state index in [-0.39, 0.29) is 0 Å². The van der Waals surface area contributed by atoms with Crippen molar-refractivity contribution in [2.24, 2.45) is 0 Å². The highest BCUT2D eigenvalue weighted by Gasteiger charge is 2.37. The van der Waals surface area contributed by atoms with Crippen LogP contribution in [-0.2, 0) is 18.0 Å². The van der Waals surface area contributed by atoms with Gasteiger partial charge in [-0.05, 0) is 29.0 Å². The van der Waals surface area contributed by atoms with Crippen LogP contribution in [0.2, 0.25) is 0 Å². The van der Waals surface area contributed by atoms with E-state index < -0.39 is 17.2 Å². The first kappa shape index (κ1) is 13.1. The third kappa shape index (κ3) is 2.57. The monoisotopic (exact) mass is 230 g/mol. The Morgan fingerprint density at radius 1 is 1.06 bits per heavy atom. The summed E-state index contributed by atoms with van der Waals surface area (Å²) in [5.41, 5.74) is 0.212. The Labute approximate surface area is 94.5 Å². The molecule has 1 aromatic carbocycles. The fraction of sp³-hybridized carbons (Fsp3) is 0.538. The average molecular weight is 230 g/mol. The molecule has 0 aliphatic heterocycles. The molecule has 0 nitrogen and oxygen atoms in total. The van der Waals surface area contributed by atoms with E-state index in [1.165, 1.54) is 12.1 Å². The van der Waals surface area contributed by atoms with E-state index in [0.717, 1.165) is 5.56 Å². The van der Waals surface area contributed by atoms with E-state index in [1.807, 2.05) is 27.7 Å². The molecule has 90 valence electrons. The molecule has 0 saturated heterocycles. The molecule has 0 radical (unpaired) electrons. The summed E-state index contributed by atoms with van der Waals surface area (Å²) in [6.45, 7) is 7.33. The molecule has 0 unspecified atom stereocenters. The van der Waals surface area contributed by atoms with Gasteiger partial charge in [0.15, 0.2) is 0 Å². The zero-order valence-electron chi connectivity index (χ0n) is 10.1. The van der Waals surface area contributed by atoms with Crippen LogP contribution < -0.4 is 0 Å². The molecule has 3 heteroatoms. The van der Waals surface area contributed by atoms with Gasteiger partial charge in [0.05, 0.1) is 5.56 Å². The fourth-order valence-electron chi connectivity index (χ4n) is 2.02. The van der Waals surface area contributed by atoms with Crippen LogP contribution in [0.5, 0.6) is 0 Å². The third-order valence-corrected chi connectivity index (χ3v) is 2.59. The van der Waals surface area contributed by atoms with Gasteiger partial charge in [0, 0.05) is 0 Å². The topological polar surface area (TPSA) is 0 Å². The molecule has 0 aromatic heterocycles. The second-order valence-electron chi connectivity index (χ2n) is 4.94. The molecule has 0 saturated carbocycles. The second kappa shape index (κ2) is 4.11. The van der Waals surface area contributed by atoms with Crippen molar-refractivity contribution in [1.82, 2.24) is 0 Å². The number of hydrogen-bond donors (Lipinski definition) is 0. The van der Waals surface area contributed by atoms with Crippen molar-refractivity contribution in [3.8, 4) is 0 Å². The van der Waals surface area contributed by atoms with Crippen molar-refractivity contribution in [3.05, 3.63) is 34.9 Å². The summed E-state index contributed by atoms with van der Waals surface area (Å²) in [7, 11) is 0. The van der Waals surface area contributed by atoms with Crippen LogP contribution in [0.25, 0.3) is 0 Å². The number of halogens is 3. The molecule has 0 spiro atoms. The van der Waals surface area contributed by atoms with Crippen LogP contribution in [0, 0.1) is 0 Å². The lowest BCUT2D eigenvalue weighted by Crippen LogP contribution is -2.21. The van der Waals surface area contributed by atoms with Crippen LogP contribution in [0.3, 0.4) is 0 Å². The summed E-state index contributed by atoms with van der Waals surface area (Å²) in [6, 6.07) is 4.42. The molecule has 0 N–H and O–H groups in total. The Hall–Kier alpha value is -0.990. The first-order valence-corrected chi connectivity index (χ1v) is 5.37. The Morgan fingerprint density at radius 2 is 1.62 bits per heavy atom. The van der Waals surface area contributed by atoms with Crippen molar-refractivity contribution in [1.29, 1.82) is 0 Å². The Bertz CT molecular complexity index is 370. The van der Waals surface area contributed by atoms with Gasteiger partial charge in [0.25, 0.3) is 0 Å². The van der Waals surface area contributed by atoms with E-state index in [4.69, 9.17) is 0 Å². The van der Waals surface area contributed by atoms with E-state index in [2.05, 4.69) is 0 Å². The maximum absolute atomic E-state index is 12.9. The molecule has 0 aliphatic rings. The maximum Gasteiger partial charge on any atom is 0.416 e. The highest BCUT2D eigenvalue weighted by Crippen LogP contribution is 2.39. The van der Waals surface area contributed by atoms with E-state index in [1.54, 1.807) is 6.07 Å². The number of hydrogen-bond acceptors (Lipinski definition) is 0. The summed E-state index contributed by atoms with van der Waals surface area (Å²) in [5, 5.41) is 0. The molecule has 0 atom stereocenters. The van der Waals surface area contributed by atoms with Crippen LogP contribution in [0.15, 0.2) is 18.2 Å². The Kier molecular flexibility index (Phi) is 3.36. The van der Waals surface area contributed by atoms with Gasteiger partial charge in [0.1, 0.15) is 0 Å². The molecular formula is C13H17F3. The van der Waals surface area contributed by atoms with Crippen molar-refractivity contribution in [3.63, 3.8) is 0 Å². The van der Waals surface area contributed by atoms with Gasteiger partial charge in [0.2, 0.25) is 0 Å². The molecule has 0 amide bonds. The lowest BCUT2D eigenvalue weighted by molar-refractivity contribution is -0.138. The first-order chi connectivity index (χ1) is 7.18. The highest BCUT2D eigenvalue weighted by molar-refractivity contribution is 5.41. The molecule has 1 aromatic rings. The molecule has 0 fully saturated rings. The summed E-state index contributed by atoms with van der Waals surface area (Å²) in [5.74, 6) is 0. The van der Waals surface area contributed by atoms with Crippen molar-refractivity contribution in [2.45, 2.75) is 45.7 Å². The Morgan fingerprint density at radius 3 is 2.00 bits per heavy atom. The van der Waals surface area contributed by atoms with E-state index >= 15 is 0 Å². The summed E-state index contributed by atoms with van der Waals surface area (Å²) < 4.78 is 38.7. The van der Waals surface area contributed by atoms with Crippen LogP contribution >= 0.6 is 0 Å². The lowest BCUT2D eigenvalue weighted by Gasteiger charge is -2.27. The normalized spacial score (nSPS) is 12.9. The predicted octanol–water partition coefficient (Wildman–Crippen LogP) is 4.57. The standard InChI is InChI=1S/C13H17F3/c1-5-9-7-6-8-10(13(14,15)16)11(9)12(2,3)4/h6-8H,5H2,1-4H3. The second-order valence-corrected chi connectivity index (χ2v) is 4.94. The number of rotatable bonds is 1. The summed E-state index contributed by atoms with van der Waals surface area (Å²) in [6.07, 6.45) is -3.65. The zero-order valence-corrected chi connectivity index (χ0v) is 10.1. The molecule has 0 bridgehead atoms. The maximum atomic E-state index is 12.9. The first-order valence-electron chi connectivity index (χ1n) is 5.37. The van der Waals surface area contributed by atoms with Gasteiger partial charge in [-0.2, -0.15) is 13.2 Å². The van der Waals surface area contributed by atoms with Gasteiger partial charge in [-0.15, -0.1) is 0 Å². The van der Waals surface area contributed by atoms with Crippen LogP contribution in [-0.4, -0.2) is 0 Å². The van der Waals surface area contributed by atoms with Gasteiger partial charge in [-0.3, -0.25) is 0 Å². The number of alkyl halides is 3. The van der Waals surface area contributed by atoms with E-state index in [9.17, 15) is 13.2 Å². The average Bonchev–Trinajstić information content (AvgIpc) is 2.13. The van der Waals surface area contributed by atoms with Crippen LogP contribution in [0.1, 0.15) is 44.4 Å². The minimum Gasteiger partial charge on any atom is -0.166 e. The number of aryl methyl sites for hydroxylation is 1. The lowest BCUT2D eigenvalue weighted by atomic mass is 9.80. The minimum atomic E-state index is -4.27. The van der Waals surface area contributed by atoms with Crippen molar-refractivity contribution >= 4 is 0 Å². The van der Waals surface area contributed by atoms with Crippen molar-refractivity contribution in [2.75, 3.05) is 0 Å². The molecule has 16 heavy (non-hydrogen) atoms. The van der Waals surface area contributed by atoms with Crippen LogP contribution in [0.4, 0.5) is 13.2 Å². The molecular weight excluding hydrogens is 213 g/mol. The molecule has 0 aliphatic carbocycles. The van der Waals surface area contributed by atoms with Gasteiger partial charge < -0.3 is 0 Å². The molecule has 1 rings (SSSR count). The minimum absolute atomic E-state index is 0.421. The third-order valence-electron chi connectivity index (χ3n) is 2.59. The smallest absolute Gasteiger partial charge is 0.166 e. The number of benzene rings is 1. The Balaban J connectivity index is 3.51. The SMILES string of the molecule is CCc1cccc(C(F)(F)F)c1C(C)(C)C.